The third-order valence-corrected chi connectivity index (χ3v) is 15.7. The number of hydrogen-bond donors (Lipinski definition) is 0. The summed E-state index contributed by atoms with van der Waals surface area (Å²) in [5.74, 6) is 3.78. The van der Waals surface area contributed by atoms with Crippen molar-refractivity contribution in [3.63, 3.8) is 0 Å². The van der Waals surface area contributed by atoms with E-state index in [1.165, 1.54) is 31.2 Å². The predicted octanol–water partition coefficient (Wildman–Crippen LogP) is 9.45. The van der Waals surface area contributed by atoms with E-state index < -0.39 is 15.9 Å². The van der Waals surface area contributed by atoms with Crippen LogP contribution in [0.25, 0.3) is 6.08 Å². The molecule has 0 bridgehead atoms. The van der Waals surface area contributed by atoms with Gasteiger partial charge in [0.2, 0.25) is 0 Å². The van der Waals surface area contributed by atoms with Gasteiger partial charge in [-0.1, -0.05) is 45.0 Å². The van der Waals surface area contributed by atoms with Crippen LogP contribution in [0.3, 0.4) is 0 Å². The van der Waals surface area contributed by atoms with Gasteiger partial charge >= 0.3 is 7.60 Å². The van der Waals surface area contributed by atoms with Gasteiger partial charge in [0.15, 0.2) is 8.32 Å². The Kier molecular flexibility index (Phi) is 11.3. The number of aromatic nitrogens is 1. The minimum atomic E-state index is -3.26. The summed E-state index contributed by atoms with van der Waals surface area (Å²) in [5, 5.41) is 0.0281. The van der Waals surface area contributed by atoms with Crippen LogP contribution < -0.4 is 9.47 Å². The molecule has 45 heavy (non-hydrogen) atoms. The lowest BCUT2D eigenvalue weighted by Crippen LogP contribution is -2.43. The molecule has 4 rings (SSSR count). The van der Waals surface area contributed by atoms with Gasteiger partial charge in [0.1, 0.15) is 11.5 Å². The highest BCUT2D eigenvalue weighted by Crippen LogP contribution is 2.49. The molecule has 0 spiro atoms. The molecule has 1 aliphatic rings. The molecule has 0 amide bonds. The quantitative estimate of drug-likeness (QED) is 0.128. The van der Waals surface area contributed by atoms with E-state index in [4.69, 9.17) is 22.9 Å². The molecule has 246 valence electrons. The maximum absolute atomic E-state index is 12.6. The normalized spacial score (nSPS) is 15.8. The average Bonchev–Trinajstić information content (AvgIpc) is 3.64. The van der Waals surface area contributed by atoms with E-state index in [-0.39, 0.29) is 17.1 Å². The van der Waals surface area contributed by atoms with E-state index in [1.807, 2.05) is 13.0 Å². The average molecular weight is 654 g/mol. The number of hydrogen-bond acceptors (Lipinski definition) is 6. The van der Waals surface area contributed by atoms with Gasteiger partial charge in [-0.25, -0.2) is 0 Å². The Morgan fingerprint density at radius 1 is 0.978 bits per heavy atom. The summed E-state index contributed by atoms with van der Waals surface area (Å²) < 4.78 is 44.1. The van der Waals surface area contributed by atoms with Gasteiger partial charge in [0.25, 0.3) is 0 Å². The van der Waals surface area contributed by atoms with Gasteiger partial charge in [-0.05, 0) is 96.8 Å². The Morgan fingerprint density at radius 3 is 2.07 bits per heavy atom. The maximum Gasteiger partial charge on any atom is 0.353 e. The lowest BCUT2D eigenvalue weighted by Gasteiger charge is -2.42. The molecule has 2 aromatic carbocycles. The second-order valence-electron chi connectivity index (χ2n) is 13.8. The third kappa shape index (κ3) is 8.41. The van der Waals surface area contributed by atoms with Crippen LogP contribution in [0.5, 0.6) is 11.5 Å². The van der Waals surface area contributed by atoms with Gasteiger partial charge in [-0.2, -0.15) is 0 Å². The van der Waals surface area contributed by atoms with Crippen LogP contribution in [0.2, 0.25) is 18.1 Å². The Morgan fingerprint density at radius 2 is 1.56 bits per heavy atom. The van der Waals surface area contributed by atoms with E-state index in [1.54, 1.807) is 20.3 Å². The van der Waals surface area contributed by atoms with E-state index in [9.17, 15) is 4.57 Å². The SMILES string of the molecule is COc1cc([C@@H](O[Si](C)(C)C(C)(C)C)[C@@H](CC2Cc3ccccc3C2)Cn2ccc(/C=C/P(=O)(OC)OC)c2)cc(OC)c1C. The van der Waals surface area contributed by atoms with Crippen LogP contribution in [0.4, 0.5) is 0 Å². The second-order valence-corrected chi connectivity index (χ2v) is 20.6. The van der Waals surface area contributed by atoms with E-state index in [2.05, 4.69) is 87.2 Å². The molecule has 0 saturated heterocycles. The molecule has 0 saturated carbocycles. The zero-order valence-electron chi connectivity index (χ0n) is 28.8. The van der Waals surface area contributed by atoms with E-state index in [0.717, 1.165) is 54.0 Å². The number of nitrogens with zero attached hydrogens (tertiary/aromatic N) is 1. The highest BCUT2D eigenvalue weighted by molar-refractivity contribution is 7.57. The summed E-state index contributed by atoms with van der Waals surface area (Å²) in [5.41, 5.74) is 5.89. The zero-order chi connectivity index (χ0) is 33.0. The molecule has 0 fully saturated rings. The van der Waals surface area contributed by atoms with Crippen molar-refractivity contribution in [3.8, 4) is 11.5 Å². The predicted molar refractivity (Wildman–Crippen MR) is 186 cm³/mol. The van der Waals surface area contributed by atoms with Crippen LogP contribution in [0, 0.1) is 18.8 Å². The molecule has 9 heteroatoms. The Labute approximate surface area is 271 Å². The van der Waals surface area contributed by atoms with Crippen molar-refractivity contribution in [1.29, 1.82) is 0 Å². The molecule has 1 aliphatic carbocycles. The highest BCUT2D eigenvalue weighted by atomic mass is 31.2. The number of ether oxygens (including phenoxy) is 2. The first kappa shape index (κ1) is 35.2. The van der Waals surface area contributed by atoms with Crippen molar-refractivity contribution in [2.45, 2.75) is 77.7 Å². The second kappa shape index (κ2) is 14.4. The smallest absolute Gasteiger partial charge is 0.353 e. The molecule has 0 N–H and O–H groups in total. The summed E-state index contributed by atoms with van der Waals surface area (Å²) in [7, 11) is 0.733. The Balaban J connectivity index is 1.77. The standard InChI is InChI=1S/C36H52NO6PSi/c1-26-33(39-5)22-31(23-34(26)40-6)35(43-45(9,10)36(2,3)4)32(21-28-19-29-13-11-12-14-30(29)20-28)25-37-17-15-27(24-37)16-18-44(38,41-7)42-8/h11-18,22-24,28,32,35H,19-21,25H2,1-10H3/b18-16+/t32-,35+/m0/s1. The van der Waals surface area contributed by atoms with Crippen molar-refractivity contribution in [2.24, 2.45) is 11.8 Å². The zero-order valence-corrected chi connectivity index (χ0v) is 30.6. The molecular weight excluding hydrogens is 601 g/mol. The largest absolute Gasteiger partial charge is 0.496 e. The molecular formula is C36H52NO6PSi. The van der Waals surface area contributed by atoms with Gasteiger partial charge in [0.05, 0.1) is 20.3 Å². The molecule has 0 aliphatic heterocycles. The fraction of sp³-hybridized carbons (Fsp3) is 0.500. The lowest BCUT2D eigenvalue weighted by molar-refractivity contribution is 0.0904. The van der Waals surface area contributed by atoms with Crippen LogP contribution in [0.1, 0.15) is 61.1 Å². The number of fused-ring (bicyclic) bond motifs is 1. The van der Waals surface area contributed by atoms with Gasteiger partial charge < -0.3 is 27.5 Å². The van der Waals surface area contributed by atoms with Crippen molar-refractivity contribution >= 4 is 22.0 Å². The van der Waals surface area contributed by atoms with Crippen molar-refractivity contribution < 1.29 is 27.5 Å². The van der Waals surface area contributed by atoms with Crippen LogP contribution >= 0.6 is 7.60 Å². The molecule has 2 atom stereocenters. The first-order valence-corrected chi connectivity index (χ1v) is 20.3. The molecule has 7 nitrogen and oxygen atoms in total. The first-order valence-electron chi connectivity index (χ1n) is 15.8. The number of benzene rings is 2. The summed E-state index contributed by atoms with van der Waals surface area (Å²) in [6, 6.07) is 15.1. The summed E-state index contributed by atoms with van der Waals surface area (Å²) >= 11 is 0. The third-order valence-electron chi connectivity index (χ3n) is 9.71. The number of rotatable bonds is 14. The fourth-order valence-corrected chi connectivity index (χ4v) is 8.12. The van der Waals surface area contributed by atoms with E-state index in [0.29, 0.717) is 5.92 Å². The summed E-state index contributed by atoms with van der Waals surface area (Å²) in [4.78, 5) is 0. The molecule has 1 heterocycles. The summed E-state index contributed by atoms with van der Waals surface area (Å²) in [6.45, 7) is 14.3. The van der Waals surface area contributed by atoms with Crippen LogP contribution in [-0.2, 0) is 37.4 Å². The Hall–Kier alpha value is -2.61. The van der Waals surface area contributed by atoms with Gasteiger partial charge in [0, 0.05) is 50.5 Å². The first-order chi connectivity index (χ1) is 21.2. The van der Waals surface area contributed by atoms with Crippen LogP contribution in [-0.4, -0.2) is 41.3 Å². The van der Waals surface area contributed by atoms with Crippen molar-refractivity contribution in [1.82, 2.24) is 4.57 Å². The lowest BCUT2D eigenvalue weighted by atomic mass is 9.85. The minimum absolute atomic E-state index is 0.0281. The number of methoxy groups -OCH3 is 2. The molecule has 0 unspecified atom stereocenters. The highest BCUT2D eigenvalue weighted by Gasteiger charge is 2.42. The fourth-order valence-electron chi connectivity index (χ4n) is 6.06. The molecule has 0 radical (unpaired) electrons. The topological polar surface area (TPSA) is 68.2 Å². The van der Waals surface area contributed by atoms with Crippen molar-refractivity contribution in [3.05, 3.63) is 88.5 Å². The Bertz CT molecular complexity index is 1470. The van der Waals surface area contributed by atoms with Gasteiger partial charge in [-0.3, -0.25) is 4.57 Å². The van der Waals surface area contributed by atoms with Crippen molar-refractivity contribution in [2.75, 3.05) is 28.4 Å². The minimum Gasteiger partial charge on any atom is -0.496 e. The summed E-state index contributed by atoms with van der Waals surface area (Å²) in [6.07, 6.45) is 8.93. The van der Waals surface area contributed by atoms with E-state index >= 15 is 0 Å². The van der Waals surface area contributed by atoms with Gasteiger partial charge in [-0.15, -0.1) is 0 Å². The molecule has 3 aromatic rings. The molecule has 1 aromatic heterocycles. The monoisotopic (exact) mass is 653 g/mol. The van der Waals surface area contributed by atoms with Crippen LogP contribution in [0.15, 0.2) is 60.7 Å². The maximum atomic E-state index is 12.6.